The van der Waals surface area contributed by atoms with Gasteiger partial charge in [0.1, 0.15) is 5.75 Å². The third-order valence-electron chi connectivity index (χ3n) is 5.63. The molecule has 1 aliphatic heterocycles. The minimum Gasteiger partial charge on any atom is -0.497 e. The van der Waals surface area contributed by atoms with Crippen LogP contribution in [0.4, 0.5) is 5.69 Å². The second-order valence-corrected chi connectivity index (χ2v) is 7.71. The van der Waals surface area contributed by atoms with Crippen LogP contribution in [0, 0.1) is 0 Å². The van der Waals surface area contributed by atoms with E-state index in [4.69, 9.17) is 4.74 Å². The number of amides is 1. The molecule has 0 bridgehead atoms. The third-order valence-corrected chi connectivity index (χ3v) is 5.63. The highest BCUT2D eigenvalue weighted by Crippen LogP contribution is 2.28. The van der Waals surface area contributed by atoms with E-state index in [0.717, 1.165) is 38.1 Å². The number of fused-ring (bicyclic) bond motifs is 1. The zero-order valence-corrected chi connectivity index (χ0v) is 17.4. The fraction of sp³-hybridized carbons (Fsp3) is 0.269. The summed E-state index contributed by atoms with van der Waals surface area (Å²) in [6, 6.07) is 24.6. The van der Waals surface area contributed by atoms with Crippen LogP contribution in [0.3, 0.4) is 0 Å². The van der Waals surface area contributed by atoms with Crippen molar-refractivity contribution in [1.29, 1.82) is 0 Å². The van der Waals surface area contributed by atoms with Crippen LogP contribution < -0.4 is 15.0 Å². The molecule has 0 unspecified atom stereocenters. The first kappa shape index (κ1) is 20.0. The summed E-state index contributed by atoms with van der Waals surface area (Å²) in [6.45, 7) is 2.58. The topological polar surface area (TPSA) is 41.6 Å². The summed E-state index contributed by atoms with van der Waals surface area (Å²) < 4.78 is 5.25. The third kappa shape index (κ3) is 4.82. The van der Waals surface area contributed by atoms with Gasteiger partial charge in [-0.25, -0.2) is 0 Å². The van der Waals surface area contributed by atoms with Gasteiger partial charge in [-0.1, -0.05) is 42.5 Å². The lowest BCUT2D eigenvalue weighted by Gasteiger charge is -2.19. The minimum absolute atomic E-state index is 0.0151. The Balaban J connectivity index is 1.25. The molecule has 0 spiro atoms. The number of carbonyl (C=O) groups excluding carboxylic acids is 1. The van der Waals surface area contributed by atoms with Crippen molar-refractivity contribution >= 4 is 11.6 Å². The number of nitrogens with zero attached hydrogens (tertiary/aromatic N) is 1. The van der Waals surface area contributed by atoms with Gasteiger partial charge >= 0.3 is 0 Å². The minimum atomic E-state index is -0.0151. The smallest absolute Gasteiger partial charge is 0.251 e. The Morgan fingerprint density at radius 2 is 1.83 bits per heavy atom. The fourth-order valence-electron chi connectivity index (χ4n) is 3.98. The van der Waals surface area contributed by atoms with Gasteiger partial charge < -0.3 is 15.0 Å². The molecule has 30 heavy (non-hydrogen) atoms. The molecule has 0 fully saturated rings. The molecule has 4 heteroatoms. The van der Waals surface area contributed by atoms with Gasteiger partial charge in [-0.2, -0.15) is 0 Å². The zero-order valence-electron chi connectivity index (χ0n) is 17.4. The number of hydrogen-bond donors (Lipinski definition) is 1. The highest BCUT2D eigenvalue weighted by molar-refractivity contribution is 5.94. The van der Waals surface area contributed by atoms with Crippen molar-refractivity contribution in [2.24, 2.45) is 0 Å². The molecule has 154 valence electrons. The normalized spacial score (nSPS) is 12.5. The molecule has 3 aromatic carbocycles. The molecule has 4 rings (SSSR count). The molecule has 1 heterocycles. The van der Waals surface area contributed by atoms with Gasteiger partial charge in [-0.05, 0) is 66.3 Å². The number of anilines is 1. The molecule has 0 aromatic heterocycles. The Morgan fingerprint density at radius 3 is 2.67 bits per heavy atom. The average Bonchev–Trinajstić information content (AvgIpc) is 3.20. The summed E-state index contributed by atoms with van der Waals surface area (Å²) in [5.41, 5.74) is 5.90. The first-order valence-electron chi connectivity index (χ1n) is 10.6. The number of para-hydroxylation sites is 1. The molecule has 4 nitrogen and oxygen atoms in total. The summed E-state index contributed by atoms with van der Waals surface area (Å²) in [4.78, 5) is 14.8. The quantitative estimate of drug-likeness (QED) is 0.561. The lowest BCUT2D eigenvalue weighted by Crippen LogP contribution is -2.25. The van der Waals surface area contributed by atoms with Crippen molar-refractivity contribution < 1.29 is 9.53 Å². The first-order valence-corrected chi connectivity index (χ1v) is 10.6. The Morgan fingerprint density at radius 1 is 1.00 bits per heavy atom. The lowest BCUT2D eigenvalue weighted by atomic mass is 10.1. The van der Waals surface area contributed by atoms with Crippen molar-refractivity contribution in [2.75, 3.05) is 25.1 Å². The van der Waals surface area contributed by atoms with Crippen molar-refractivity contribution in [3.8, 4) is 5.75 Å². The Hall–Kier alpha value is -3.27. The van der Waals surface area contributed by atoms with Gasteiger partial charge in [0, 0.05) is 30.9 Å². The summed E-state index contributed by atoms with van der Waals surface area (Å²) in [5.74, 6) is 0.854. The summed E-state index contributed by atoms with van der Waals surface area (Å²) in [5, 5.41) is 3.02. The van der Waals surface area contributed by atoms with Crippen LogP contribution in [-0.4, -0.2) is 26.1 Å². The van der Waals surface area contributed by atoms with E-state index >= 15 is 0 Å². The number of rotatable bonds is 8. The zero-order chi connectivity index (χ0) is 20.8. The number of benzene rings is 3. The predicted octanol–water partition coefficient (Wildman–Crippen LogP) is 4.62. The van der Waals surface area contributed by atoms with Gasteiger partial charge in [0.25, 0.3) is 5.91 Å². The number of hydrogen-bond acceptors (Lipinski definition) is 3. The van der Waals surface area contributed by atoms with Gasteiger partial charge in [0.15, 0.2) is 0 Å². The maximum Gasteiger partial charge on any atom is 0.251 e. The number of methoxy groups -OCH3 is 1. The van der Waals surface area contributed by atoms with Crippen LogP contribution in [0.5, 0.6) is 5.75 Å². The Kier molecular flexibility index (Phi) is 6.33. The number of aryl methyl sites for hydroxylation is 1. The van der Waals surface area contributed by atoms with Crippen LogP contribution in [0.2, 0.25) is 0 Å². The molecular weight excluding hydrogens is 372 g/mol. The van der Waals surface area contributed by atoms with Gasteiger partial charge in [-0.15, -0.1) is 0 Å². The molecule has 0 saturated heterocycles. The van der Waals surface area contributed by atoms with Crippen molar-refractivity contribution in [3.63, 3.8) is 0 Å². The highest BCUT2D eigenvalue weighted by atomic mass is 16.5. The molecule has 1 N–H and O–H groups in total. The maximum absolute atomic E-state index is 12.4. The SMILES string of the molecule is COc1cccc(CCCNC(=O)c2ccc(CN3CCc4ccccc43)cc2)c1. The van der Waals surface area contributed by atoms with Gasteiger partial charge in [0.2, 0.25) is 0 Å². The van der Waals surface area contributed by atoms with Crippen LogP contribution in [0.1, 0.15) is 33.5 Å². The van der Waals surface area contributed by atoms with Crippen molar-refractivity contribution in [1.82, 2.24) is 5.32 Å². The van der Waals surface area contributed by atoms with E-state index in [1.807, 2.05) is 30.3 Å². The molecule has 0 aliphatic carbocycles. The fourth-order valence-corrected chi connectivity index (χ4v) is 3.98. The predicted molar refractivity (Wildman–Crippen MR) is 121 cm³/mol. The van der Waals surface area contributed by atoms with E-state index in [-0.39, 0.29) is 5.91 Å². The van der Waals surface area contributed by atoms with Crippen molar-refractivity contribution in [3.05, 3.63) is 95.1 Å². The monoisotopic (exact) mass is 400 g/mol. The maximum atomic E-state index is 12.4. The number of nitrogens with one attached hydrogen (secondary N) is 1. The van der Waals surface area contributed by atoms with Crippen molar-refractivity contribution in [2.45, 2.75) is 25.8 Å². The number of carbonyl (C=O) groups is 1. The van der Waals surface area contributed by atoms with Crippen LogP contribution in [0.25, 0.3) is 0 Å². The molecule has 3 aromatic rings. The van der Waals surface area contributed by atoms with Gasteiger partial charge in [-0.3, -0.25) is 4.79 Å². The van der Waals surface area contributed by atoms with E-state index in [0.29, 0.717) is 12.1 Å². The van der Waals surface area contributed by atoms with E-state index in [1.54, 1.807) is 7.11 Å². The van der Waals surface area contributed by atoms with E-state index in [1.165, 1.54) is 22.4 Å². The van der Waals surface area contributed by atoms with E-state index < -0.39 is 0 Å². The molecule has 0 saturated carbocycles. The van der Waals surface area contributed by atoms with Crippen LogP contribution >= 0.6 is 0 Å². The van der Waals surface area contributed by atoms with Crippen LogP contribution in [0.15, 0.2) is 72.8 Å². The molecule has 1 amide bonds. The standard InChI is InChI=1S/C26H28N2O2/c1-30-24-9-4-6-20(18-24)7-5-16-27-26(29)23-13-11-21(12-14-23)19-28-17-15-22-8-2-3-10-25(22)28/h2-4,6,8-14,18H,5,7,15-17,19H2,1H3,(H,27,29). The van der Waals surface area contributed by atoms with Gasteiger partial charge in [0.05, 0.1) is 7.11 Å². The first-order chi connectivity index (χ1) is 14.7. The second kappa shape index (κ2) is 9.49. The largest absolute Gasteiger partial charge is 0.497 e. The highest BCUT2D eigenvalue weighted by Gasteiger charge is 2.18. The Bertz CT molecular complexity index is 998. The average molecular weight is 401 g/mol. The summed E-state index contributed by atoms with van der Waals surface area (Å²) in [7, 11) is 1.68. The van der Waals surface area contributed by atoms with Crippen LogP contribution in [-0.2, 0) is 19.4 Å². The lowest BCUT2D eigenvalue weighted by molar-refractivity contribution is 0.0953. The summed E-state index contributed by atoms with van der Waals surface area (Å²) >= 11 is 0. The van der Waals surface area contributed by atoms with E-state index in [9.17, 15) is 4.79 Å². The molecule has 0 radical (unpaired) electrons. The van der Waals surface area contributed by atoms with E-state index in [2.05, 4.69) is 52.7 Å². The Labute approximate surface area is 178 Å². The molecular formula is C26H28N2O2. The summed E-state index contributed by atoms with van der Waals surface area (Å²) in [6.07, 6.45) is 2.91. The number of ether oxygens (including phenoxy) is 1. The second-order valence-electron chi connectivity index (χ2n) is 7.71. The molecule has 0 atom stereocenters. The molecule has 1 aliphatic rings.